The number of aliphatic imine (C=N–C) groups is 1. The largest absolute Gasteiger partial charge is 0.237 e. The van der Waals surface area contributed by atoms with Crippen LogP contribution >= 0.6 is 0 Å². The van der Waals surface area contributed by atoms with Crippen molar-refractivity contribution < 1.29 is 0 Å². The van der Waals surface area contributed by atoms with Crippen LogP contribution in [-0.2, 0) is 0 Å². The summed E-state index contributed by atoms with van der Waals surface area (Å²) in [6.07, 6.45) is 15.8. The first-order valence-corrected chi connectivity index (χ1v) is 4.58. The summed E-state index contributed by atoms with van der Waals surface area (Å²) < 4.78 is 0. The van der Waals surface area contributed by atoms with Gasteiger partial charge in [-0.05, 0) is 17.7 Å². The molecule has 1 aliphatic carbocycles. The molecule has 0 saturated heterocycles. The highest BCUT2D eigenvalue weighted by Crippen LogP contribution is 2.23. The van der Waals surface area contributed by atoms with Gasteiger partial charge in [-0.3, -0.25) is 0 Å². The molecule has 0 N–H and O–H groups in total. The molecular weight excluding hydrogens is 174 g/mol. The molecule has 0 saturated carbocycles. The SMILES string of the molecule is C1=CC2=CN=C3C=CC=NN3C2C=C1. The lowest BCUT2D eigenvalue weighted by Gasteiger charge is -2.32. The minimum Gasteiger partial charge on any atom is -0.237 e. The molecule has 68 valence electrons. The summed E-state index contributed by atoms with van der Waals surface area (Å²) in [6.45, 7) is 0. The van der Waals surface area contributed by atoms with E-state index in [-0.39, 0.29) is 6.04 Å². The van der Waals surface area contributed by atoms with E-state index in [2.05, 4.69) is 22.2 Å². The zero-order chi connectivity index (χ0) is 9.38. The smallest absolute Gasteiger partial charge is 0.149 e. The van der Waals surface area contributed by atoms with Crippen molar-refractivity contribution in [2.45, 2.75) is 6.04 Å². The van der Waals surface area contributed by atoms with Crippen molar-refractivity contribution in [2.24, 2.45) is 10.1 Å². The Hall–Kier alpha value is -1.90. The Bertz CT molecular complexity index is 393. The first kappa shape index (κ1) is 7.50. The highest BCUT2D eigenvalue weighted by atomic mass is 15.5. The van der Waals surface area contributed by atoms with E-state index in [1.165, 1.54) is 5.57 Å². The molecule has 0 aromatic carbocycles. The molecule has 3 rings (SSSR count). The van der Waals surface area contributed by atoms with Crippen LogP contribution in [0.15, 0.2) is 58.3 Å². The van der Waals surface area contributed by atoms with Gasteiger partial charge in [0.15, 0.2) is 0 Å². The maximum atomic E-state index is 4.33. The Morgan fingerprint density at radius 1 is 1.14 bits per heavy atom. The minimum atomic E-state index is 0.216. The fourth-order valence-electron chi connectivity index (χ4n) is 1.72. The van der Waals surface area contributed by atoms with Crippen LogP contribution in [0.3, 0.4) is 0 Å². The van der Waals surface area contributed by atoms with Crippen LogP contribution in [0.5, 0.6) is 0 Å². The minimum absolute atomic E-state index is 0.216. The van der Waals surface area contributed by atoms with Crippen LogP contribution in [0.1, 0.15) is 0 Å². The van der Waals surface area contributed by atoms with E-state index in [0.717, 1.165) is 5.84 Å². The summed E-state index contributed by atoms with van der Waals surface area (Å²) in [5.41, 5.74) is 1.18. The fourth-order valence-corrected chi connectivity index (χ4v) is 1.72. The summed E-state index contributed by atoms with van der Waals surface area (Å²) in [5, 5.41) is 6.23. The van der Waals surface area contributed by atoms with Crippen molar-refractivity contribution in [3.05, 3.63) is 48.2 Å². The molecule has 2 aliphatic heterocycles. The van der Waals surface area contributed by atoms with E-state index in [1.54, 1.807) is 6.21 Å². The Morgan fingerprint density at radius 2 is 2.14 bits per heavy atom. The number of fused-ring (bicyclic) bond motifs is 3. The summed E-state index contributed by atoms with van der Waals surface area (Å²) in [5.74, 6) is 0.904. The van der Waals surface area contributed by atoms with Gasteiger partial charge in [0.05, 0.1) is 6.04 Å². The van der Waals surface area contributed by atoms with Gasteiger partial charge in [-0.2, -0.15) is 5.10 Å². The zero-order valence-corrected chi connectivity index (χ0v) is 7.54. The van der Waals surface area contributed by atoms with Crippen LogP contribution in [0.25, 0.3) is 0 Å². The third-order valence-electron chi connectivity index (χ3n) is 2.40. The third-order valence-corrected chi connectivity index (χ3v) is 2.40. The van der Waals surface area contributed by atoms with E-state index < -0.39 is 0 Å². The molecule has 0 spiro atoms. The quantitative estimate of drug-likeness (QED) is 0.561. The molecule has 0 bridgehead atoms. The Kier molecular flexibility index (Phi) is 1.50. The van der Waals surface area contributed by atoms with Gasteiger partial charge >= 0.3 is 0 Å². The standard InChI is InChI=1S/C11H9N3/c1-2-5-10-9(4-1)8-12-11-6-3-7-13-14(10)11/h1-8,10H. The van der Waals surface area contributed by atoms with Gasteiger partial charge in [-0.25, -0.2) is 10.0 Å². The van der Waals surface area contributed by atoms with Gasteiger partial charge in [0.2, 0.25) is 0 Å². The molecule has 1 unspecified atom stereocenters. The highest BCUT2D eigenvalue weighted by molar-refractivity contribution is 6.00. The third kappa shape index (κ3) is 0.988. The summed E-state index contributed by atoms with van der Waals surface area (Å²) in [6, 6.07) is 0.216. The van der Waals surface area contributed by atoms with Gasteiger partial charge in [0.1, 0.15) is 5.84 Å². The number of hydrogen-bond acceptors (Lipinski definition) is 3. The number of amidine groups is 1. The van der Waals surface area contributed by atoms with E-state index in [1.807, 2.05) is 35.5 Å². The van der Waals surface area contributed by atoms with E-state index in [9.17, 15) is 0 Å². The molecule has 3 heteroatoms. The lowest BCUT2D eigenvalue weighted by Crippen LogP contribution is -2.38. The van der Waals surface area contributed by atoms with E-state index in [4.69, 9.17) is 0 Å². The number of hydrazone groups is 1. The van der Waals surface area contributed by atoms with Crippen molar-refractivity contribution in [3.8, 4) is 0 Å². The van der Waals surface area contributed by atoms with E-state index in [0.29, 0.717) is 0 Å². The van der Waals surface area contributed by atoms with Crippen molar-refractivity contribution in [1.82, 2.24) is 5.01 Å². The molecule has 0 fully saturated rings. The summed E-state index contributed by atoms with van der Waals surface area (Å²) in [7, 11) is 0. The lowest BCUT2D eigenvalue weighted by atomic mass is 10.0. The average molecular weight is 183 g/mol. The average Bonchev–Trinajstić information content (AvgIpc) is 2.29. The van der Waals surface area contributed by atoms with Crippen LogP contribution in [-0.4, -0.2) is 23.1 Å². The van der Waals surface area contributed by atoms with Gasteiger partial charge in [-0.15, -0.1) is 0 Å². The number of rotatable bonds is 0. The van der Waals surface area contributed by atoms with Gasteiger partial charge < -0.3 is 0 Å². The van der Waals surface area contributed by atoms with E-state index >= 15 is 0 Å². The zero-order valence-electron chi connectivity index (χ0n) is 7.54. The van der Waals surface area contributed by atoms with Crippen molar-refractivity contribution in [2.75, 3.05) is 0 Å². The maximum Gasteiger partial charge on any atom is 0.149 e. The van der Waals surface area contributed by atoms with Gasteiger partial charge in [0.25, 0.3) is 0 Å². The number of allylic oxidation sites excluding steroid dienone is 3. The van der Waals surface area contributed by atoms with Gasteiger partial charge in [0, 0.05) is 12.4 Å². The fraction of sp³-hybridized carbons (Fsp3) is 0.0909. The molecule has 3 aliphatic rings. The summed E-state index contributed by atoms with van der Waals surface area (Å²) in [4.78, 5) is 4.33. The molecule has 1 atom stereocenters. The van der Waals surface area contributed by atoms with Crippen LogP contribution in [0.2, 0.25) is 0 Å². The topological polar surface area (TPSA) is 28.0 Å². The maximum absolute atomic E-state index is 4.33. The second-order valence-corrected chi connectivity index (χ2v) is 3.27. The normalized spacial score (nSPS) is 26.9. The number of hydrogen-bond donors (Lipinski definition) is 0. The lowest BCUT2D eigenvalue weighted by molar-refractivity contribution is 0.413. The Balaban J connectivity index is 2.08. The first-order chi connectivity index (χ1) is 6.95. The van der Waals surface area contributed by atoms with Crippen molar-refractivity contribution in [3.63, 3.8) is 0 Å². The van der Waals surface area contributed by atoms with Crippen molar-refractivity contribution in [1.29, 1.82) is 0 Å². The first-order valence-electron chi connectivity index (χ1n) is 4.58. The predicted molar refractivity (Wildman–Crippen MR) is 57.1 cm³/mol. The van der Waals surface area contributed by atoms with Crippen molar-refractivity contribution >= 4 is 12.1 Å². The number of nitrogens with zero attached hydrogens (tertiary/aromatic N) is 3. The summed E-state index contributed by atoms with van der Waals surface area (Å²) >= 11 is 0. The molecule has 0 radical (unpaired) electrons. The van der Waals surface area contributed by atoms with Crippen LogP contribution in [0, 0.1) is 0 Å². The van der Waals surface area contributed by atoms with Crippen LogP contribution < -0.4 is 0 Å². The predicted octanol–water partition coefficient (Wildman–Crippen LogP) is 1.63. The molecule has 14 heavy (non-hydrogen) atoms. The monoisotopic (exact) mass is 183 g/mol. The van der Waals surface area contributed by atoms with Crippen LogP contribution in [0.4, 0.5) is 0 Å². The molecular formula is C11H9N3. The Labute approximate surface area is 82.1 Å². The van der Waals surface area contributed by atoms with Gasteiger partial charge in [-0.1, -0.05) is 24.3 Å². The molecule has 0 amide bonds. The molecule has 2 heterocycles. The Morgan fingerprint density at radius 3 is 3.14 bits per heavy atom. The molecule has 3 nitrogen and oxygen atoms in total. The molecule has 0 aromatic rings. The second kappa shape index (κ2) is 2.80. The highest BCUT2D eigenvalue weighted by Gasteiger charge is 2.25. The second-order valence-electron chi connectivity index (χ2n) is 3.27. The molecule has 0 aromatic heterocycles.